The molecule has 1 unspecified atom stereocenters. The van der Waals surface area contributed by atoms with Crippen LogP contribution in [0.1, 0.15) is 24.1 Å². The van der Waals surface area contributed by atoms with Crippen molar-refractivity contribution >= 4 is 33.0 Å². The van der Waals surface area contributed by atoms with E-state index in [1.807, 2.05) is 11.4 Å². The number of hydrogen-bond donors (Lipinski definition) is 0. The van der Waals surface area contributed by atoms with Crippen LogP contribution in [0.2, 0.25) is 0 Å². The van der Waals surface area contributed by atoms with Crippen LogP contribution < -0.4 is 0 Å². The maximum atomic E-state index is 11.8. The van der Waals surface area contributed by atoms with E-state index >= 15 is 0 Å². The summed E-state index contributed by atoms with van der Waals surface area (Å²) in [7, 11) is 0. The lowest BCUT2D eigenvalue weighted by Gasteiger charge is -2.20. The topological polar surface area (TPSA) is 26.3 Å². The molecule has 1 aromatic rings. The fraction of sp³-hybridized carbons (Fsp3) is 0.545. The maximum absolute atomic E-state index is 11.8. The molecule has 1 saturated heterocycles. The highest BCUT2D eigenvalue weighted by Gasteiger charge is 2.22. The normalized spacial score (nSPS) is 21.5. The molecule has 1 aromatic heterocycles. The van der Waals surface area contributed by atoms with Crippen LogP contribution in [0, 0.1) is 0 Å². The Balaban J connectivity index is 1.91. The molecule has 15 heavy (non-hydrogen) atoms. The van der Waals surface area contributed by atoms with Gasteiger partial charge in [-0.2, -0.15) is 0 Å². The van der Waals surface area contributed by atoms with Crippen molar-refractivity contribution in [3.05, 3.63) is 20.8 Å². The molecule has 2 heterocycles. The van der Waals surface area contributed by atoms with Gasteiger partial charge in [-0.15, -0.1) is 11.3 Å². The van der Waals surface area contributed by atoms with E-state index in [2.05, 4.69) is 15.9 Å². The monoisotopic (exact) mass is 288 g/mol. The van der Waals surface area contributed by atoms with Crippen LogP contribution in [0.4, 0.5) is 0 Å². The van der Waals surface area contributed by atoms with Crippen molar-refractivity contribution in [2.45, 2.75) is 31.8 Å². The zero-order valence-electron chi connectivity index (χ0n) is 8.37. The molecule has 0 radical (unpaired) electrons. The molecule has 1 aliphatic heterocycles. The van der Waals surface area contributed by atoms with Crippen molar-refractivity contribution in [3.63, 3.8) is 0 Å². The number of carbonyl (C=O) groups is 1. The summed E-state index contributed by atoms with van der Waals surface area (Å²) in [5.41, 5.74) is 0. The number of ether oxygens (including phenoxy) is 1. The quantitative estimate of drug-likeness (QED) is 0.854. The average Bonchev–Trinajstić information content (AvgIpc) is 2.65. The van der Waals surface area contributed by atoms with Gasteiger partial charge < -0.3 is 4.74 Å². The molecule has 1 atom stereocenters. The van der Waals surface area contributed by atoms with Crippen LogP contribution >= 0.6 is 27.3 Å². The first-order chi connectivity index (χ1) is 7.25. The Labute approximate surface area is 102 Å². The molecule has 0 N–H and O–H groups in total. The van der Waals surface area contributed by atoms with Gasteiger partial charge in [0.1, 0.15) is 6.10 Å². The van der Waals surface area contributed by atoms with Gasteiger partial charge in [-0.3, -0.25) is 4.79 Å². The number of halogens is 1. The molecule has 0 aromatic carbocycles. The first-order valence-electron chi connectivity index (χ1n) is 5.13. The minimum absolute atomic E-state index is 0.153. The Kier molecular flexibility index (Phi) is 3.94. The van der Waals surface area contributed by atoms with Crippen LogP contribution in [-0.2, 0) is 16.0 Å². The number of Topliss-reactive ketones (excluding diaryl/α,β-unsaturated/α-hetero) is 1. The van der Waals surface area contributed by atoms with Crippen LogP contribution in [0.5, 0.6) is 0 Å². The van der Waals surface area contributed by atoms with E-state index in [1.54, 1.807) is 11.3 Å². The number of carbonyl (C=O) groups excluding carboxylic acids is 1. The van der Waals surface area contributed by atoms with E-state index < -0.39 is 0 Å². The maximum Gasteiger partial charge on any atom is 0.166 e. The van der Waals surface area contributed by atoms with E-state index in [4.69, 9.17) is 4.74 Å². The standard InChI is InChI=1S/C11H13BrO2S/c12-8-5-9(15-7-8)6-10(13)11-3-1-2-4-14-11/h5,7,11H,1-4,6H2. The van der Waals surface area contributed by atoms with Gasteiger partial charge in [0, 0.05) is 27.8 Å². The smallest absolute Gasteiger partial charge is 0.166 e. The van der Waals surface area contributed by atoms with Gasteiger partial charge in [-0.1, -0.05) is 0 Å². The Morgan fingerprint density at radius 3 is 3.07 bits per heavy atom. The second-order valence-electron chi connectivity index (χ2n) is 3.73. The predicted molar refractivity (Wildman–Crippen MR) is 64.3 cm³/mol. The molecule has 2 rings (SSSR count). The SMILES string of the molecule is O=C(Cc1cc(Br)cs1)C1CCCCO1. The summed E-state index contributed by atoms with van der Waals surface area (Å²) in [5, 5.41) is 2.00. The van der Waals surface area contributed by atoms with Crippen molar-refractivity contribution in [3.8, 4) is 0 Å². The van der Waals surface area contributed by atoms with Gasteiger partial charge in [0.2, 0.25) is 0 Å². The predicted octanol–water partition coefficient (Wildman–Crippen LogP) is 3.19. The van der Waals surface area contributed by atoms with Gasteiger partial charge in [-0.05, 0) is 41.3 Å². The molecule has 1 aliphatic rings. The van der Waals surface area contributed by atoms with Crippen molar-refractivity contribution in [1.29, 1.82) is 0 Å². The Hall–Kier alpha value is -0.190. The van der Waals surface area contributed by atoms with Crippen molar-refractivity contribution in [1.82, 2.24) is 0 Å². The van der Waals surface area contributed by atoms with Crippen LogP contribution in [0.25, 0.3) is 0 Å². The van der Waals surface area contributed by atoms with Crippen LogP contribution in [0.3, 0.4) is 0 Å². The first kappa shape index (κ1) is 11.3. The third-order valence-corrected chi connectivity index (χ3v) is 4.21. The summed E-state index contributed by atoms with van der Waals surface area (Å²) in [6.45, 7) is 0.741. The van der Waals surface area contributed by atoms with Crippen molar-refractivity contribution in [2.24, 2.45) is 0 Å². The van der Waals surface area contributed by atoms with Gasteiger partial charge in [0.25, 0.3) is 0 Å². The number of hydrogen-bond acceptors (Lipinski definition) is 3. The zero-order chi connectivity index (χ0) is 10.7. The summed E-state index contributed by atoms with van der Waals surface area (Å²) in [6.07, 6.45) is 3.46. The fourth-order valence-corrected chi connectivity index (χ4v) is 3.19. The lowest BCUT2D eigenvalue weighted by Crippen LogP contribution is -2.29. The molecule has 2 nitrogen and oxygen atoms in total. The second-order valence-corrected chi connectivity index (χ2v) is 5.64. The second kappa shape index (κ2) is 5.23. The lowest BCUT2D eigenvalue weighted by molar-refractivity contribution is -0.132. The summed E-state index contributed by atoms with van der Waals surface area (Å²) in [6, 6.07) is 2.01. The molecule has 0 spiro atoms. The summed E-state index contributed by atoms with van der Waals surface area (Å²) in [5.74, 6) is 0.226. The zero-order valence-corrected chi connectivity index (χ0v) is 10.8. The summed E-state index contributed by atoms with van der Waals surface area (Å²) >= 11 is 5.00. The molecule has 4 heteroatoms. The lowest BCUT2D eigenvalue weighted by atomic mass is 10.0. The Bertz CT molecular complexity index is 342. The molecule has 0 bridgehead atoms. The third-order valence-electron chi connectivity index (χ3n) is 2.51. The van der Waals surface area contributed by atoms with Crippen molar-refractivity contribution < 1.29 is 9.53 Å². The number of rotatable bonds is 3. The van der Waals surface area contributed by atoms with Crippen LogP contribution in [-0.4, -0.2) is 18.5 Å². The van der Waals surface area contributed by atoms with Crippen molar-refractivity contribution in [2.75, 3.05) is 6.61 Å². The molecule has 0 aliphatic carbocycles. The summed E-state index contributed by atoms with van der Waals surface area (Å²) < 4.78 is 6.52. The number of thiophene rings is 1. The average molecular weight is 289 g/mol. The molecule has 0 amide bonds. The Morgan fingerprint density at radius 2 is 2.47 bits per heavy atom. The van der Waals surface area contributed by atoms with E-state index in [0.717, 1.165) is 35.2 Å². The van der Waals surface area contributed by atoms with Gasteiger partial charge in [0.15, 0.2) is 5.78 Å². The molecule has 1 fully saturated rings. The number of ketones is 1. The van der Waals surface area contributed by atoms with Crippen LogP contribution in [0.15, 0.2) is 15.9 Å². The molecular formula is C11H13BrO2S. The highest BCUT2D eigenvalue weighted by atomic mass is 79.9. The van der Waals surface area contributed by atoms with E-state index in [9.17, 15) is 4.79 Å². The third kappa shape index (κ3) is 3.13. The van der Waals surface area contributed by atoms with Gasteiger partial charge in [0.05, 0.1) is 0 Å². The van der Waals surface area contributed by atoms with E-state index in [0.29, 0.717) is 6.42 Å². The molecule has 82 valence electrons. The van der Waals surface area contributed by atoms with E-state index in [1.165, 1.54) is 0 Å². The highest BCUT2D eigenvalue weighted by molar-refractivity contribution is 9.10. The van der Waals surface area contributed by atoms with E-state index in [-0.39, 0.29) is 11.9 Å². The van der Waals surface area contributed by atoms with Gasteiger partial charge in [-0.25, -0.2) is 0 Å². The Morgan fingerprint density at radius 1 is 1.60 bits per heavy atom. The minimum atomic E-state index is -0.153. The largest absolute Gasteiger partial charge is 0.370 e. The van der Waals surface area contributed by atoms with Gasteiger partial charge >= 0.3 is 0 Å². The summed E-state index contributed by atoms with van der Waals surface area (Å²) in [4.78, 5) is 13.0. The fourth-order valence-electron chi connectivity index (χ4n) is 1.73. The first-order valence-corrected chi connectivity index (χ1v) is 6.80. The molecule has 0 saturated carbocycles. The molecular weight excluding hydrogens is 276 g/mol. The highest BCUT2D eigenvalue weighted by Crippen LogP contribution is 2.22. The minimum Gasteiger partial charge on any atom is -0.370 e.